The molecule has 1 aliphatic rings. The SMILES string of the molecule is CC.N#Cc1ccc([C@H]2CNCC2COc2ccc(C#N)cn2)cc1. The van der Waals surface area contributed by atoms with Gasteiger partial charge in [0.15, 0.2) is 0 Å². The zero-order valence-electron chi connectivity index (χ0n) is 14.6. The topological polar surface area (TPSA) is 81.7 Å². The van der Waals surface area contributed by atoms with Crippen molar-refractivity contribution in [2.24, 2.45) is 5.92 Å². The van der Waals surface area contributed by atoms with Gasteiger partial charge in [-0.25, -0.2) is 4.98 Å². The fourth-order valence-electron chi connectivity index (χ4n) is 2.83. The third-order valence-electron chi connectivity index (χ3n) is 4.12. The zero-order valence-corrected chi connectivity index (χ0v) is 14.6. The lowest BCUT2D eigenvalue weighted by Gasteiger charge is -2.19. The van der Waals surface area contributed by atoms with Crippen molar-refractivity contribution in [1.29, 1.82) is 10.5 Å². The Balaban J connectivity index is 0.00000109. The van der Waals surface area contributed by atoms with E-state index in [4.69, 9.17) is 15.3 Å². The van der Waals surface area contributed by atoms with Crippen LogP contribution in [-0.4, -0.2) is 24.7 Å². The number of benzene rings is 1. The largest absolute Gasteiger partial charge is 0.477 e. The molecule has 0 bridgehead atoms. The van der Waals surface area contributed by atoms with Crippen molar-refractivity contribution in [2.75, 3.05) is 19.7 Å². The maximum atomic E-state index is 8.88. The number of nitriles is 2. The smallest absolute Gasteiger partial charge is 0.213 e. The van der Waals surface area contributed by atoms with Crippen LogP contribution in [-0.2, 0) is 0 Å². The second-order valence-corrected chi connectivity index (χ2v) is 5.57. The van der Waals surface area contributed by atoms with E-state index in [2.05, 4.69) is 16.4 Å². The fraction of sp³-hybridized carbons (Fsp3) is 0.350. The first-order valence-corrected chi connectivity index (χ1v) is 8.50. The third kappa shape index (κ3) is 4.79. The molecule has 1 fully saturated rings. The van der Waals surface area contributed by atoms with Crippen LogP contribution < -0.4 is 10.1 Å². The highest BCUT2D eigenvalue weighted by Gasteiger charge is 2.29. The van der Waals surface area contributed by atoms with Gasteiger partial charge < -0.3 is 10.1 Å². The lowest BCUT2D eigenvalue weighted by molar-refractivity contribution is 0.240. The molecular weight excluding hydrogens is 312 g/mol. The number of nitrogens with zero attached hydrogens (tertiary/aromatic N) is 3. The molecule has 0 spiro atoms. The van der Waals surface area contributed by atoms with E-state index in [1.54, 1.807) is 12.1 Å². The monoisotopic (exact) mass is 334 g/mol. The maximum absolute atomic E-state index is 8.88. The molecule has 1 saturated heterocycles. The van der Waals surface area contributed by atoms with E-state index in [1.165, 1.54) is 11.8 Å². The van der Waals surface area contributed by atoms with Crippen molar-refractivity contribution in [3.8, 4) is 18.0 Å². The Bertz CT molecular complexity index is 741. The zero-order chi connectivity index (χ0) is 18.1. The average molecular weight is 334 g/mol. The maximum Gasteiger partial charge on any atom is 0.213 e. The van der Waals surface area contributed by atoms with Crippen molar-refractivity contribution in [2.45, 2.75) is 19.8 Å². The van der Waals surface area contributed by atoms with Gasteiger partial charge in [-0.05, 0) is 23.8 Å². The molecule has 2 atom stereocenters. The number of hydrogen-bond acceptors (Lipinski definition) is 5. The standard InChI is InChI=1S/C18H16N4O.C2H6/c19-7-13-1-4-15(5-2-13)17-11-21-10-16(17)12-23-18-6-3-14(8-20)9-22-18;1-2/h1-6,9,16-17,21H,10-12H2;1-2H3/t16?,17-;/m1./s1. The highest BCUT2D eigenvalue weighted by Crippen LogP contribution is 2.28. The highest BCUT2D eigenvalue weighted by molar-refractivity contribution is 5.34. The molecule has 0 saturated carbocycles. The van der Waals surface area contributed by atoms with Gasteiger partial charge in [0.1, 0.15) is 6.07 Å². The van der Waals surface area contributed by atoms with Crippen LogP contribution in [0, 0.1) is 28.6 Å². The van der Waals surface area contributed by atoms with Crippen LogP contribution in [0.1, 0.15) is 36.5 Å². The average Bonchev–Trinajstić information content (AvgIpc) is 3.17. The molecule has 0 radical (unpaired) electrons. The normalized spacial score (nSPS) is 18.4. The van der Waals surface area contributed by atoms with Crippen molar-refractivity contribution in [3.63, 3.8) is 0 Å². The van der Waals surface area contributed by atoms with Crippen molar-refractivity contribution >= 4 is 0 Å². The Morgan fingerprint density at radius 1 is 1.04 bits per heavy atom. The number of pyridine rings is 1. The minimum absolute atomic E-state index is 0.348. The van der Waals surface area contributed by atoms with Gasteiger partial charge in [0.05, 0.1) is 23.8 Å². The molecule has 1 unspecified atom stereocenters. The van der Waals surface area contributed by atoms with E-state index < -0.39 is 0 Å². The molecule has 5 heteroatoms. The lowest BCUT2D eigenvalue weighted by atomic mass is 9.89. The molecule has 1 aromatic carbocycles. The summed E-state index contributed by atoms with van der Waals surface area (Å²) in [6.07, 6.45) is 1.51. The van der Waals surface area contributed by atoms with Gasteiger partial charge >= 0.3 is 0 Å². The van der Waals surface area contributed by atoms with Gasteiger partial charge in [0, 0.05) is 37.2 Å². The fourth-order valence-corrected chi connectivity index (χ4v) is 2.83. The molecule has 1 aromatic heterocycles. The molecule has 3 rings (SSSR count). The van der Waals surface area contributed by atoms with Crippen LogP contribution >= 0.6 is 0 Å². The van der Waals surface area contributed by atoms with Gasteiger partial charge in [0.2, 0.25) is 5.88 Å². The first kappa shape index (κ1) is 18.4. The summed E-state index contributed by atoms with van der Waals surface area (Å²) in [6, 6.07) is 15.3. The third-order valence-corrected chi connectivity index (χ3v) is 4.12. The molecule has 0 amide bonds. The van der Waals surface area contributed by atoms with Gasteiger partial charge in [0.25, 0.3) is 0 Å². The summed E-state index contributed by atoms with van der Waals surface area (Å²) in [5, 5.41) is 21.0. The van der Waals surface area contributed by atoms with E-state index in [0.717, 1.165) is 13.1 Å². The molecule has 128 valence electrons. The van der Waals surface area contributed by atoms with Crippen molar-refractivity contribution < 1.29 is 4.74 Å². The quantitative estimate of drug-likeness (QED) is 0.928. The summed E-state index contributed by atoms with van der Waals surface area (Å²) in [5.41, 5.74) is 2.42. The van der Waals surface area contributed by atoms with Crippen molar-refractivity contribution in [1.82, 2.24) is 10.3 Å². The van der Waals surface area contributed by atoms with Crippen LogP contribution in [0.3, 0.4) is 0 Å². The summed E-state index contributed by atoms with van der Waals surface area (Å²) >= 11 is 0. The van der Waals surface area contributed by atoms with Crippen molar-refractivity contribution in [3.05, 3.63) is 59.3 Å². The first-order valence-electron chi connectivity index (χ1n) is 8.50. The van der Waals surface area contributed by atoms with Crippen LogP contribution in [0.15, 0.2) is 42.6 Å². The number of aromatic nitrogens is 1. The van der Waals surface area contributed by atoms with Gasteiger partial charge in [-0.15, -0.1) is 0 Å². The first-order chi connectivity index (χ1) is 12.3. The predicted molar refractivity (Wildman–Crippen MR) is 96.1 cm³/mol. The van der Waals surface area contributed by atoms with Crippen LogP contribution in [0.4, 0.5) is 0 Å². The van der Waals surface area contributed by atoms with E-state index in [9.17, 15) is 0 Å². The summed E-state index contributed by atoms with van der Waals surface area (Å²) in [7, 11) is 0. The van der Waals surface area contributed by atoms with E-state index in [1.807, 2.05) is 44.2 Å². The van der Waals surface area contributed by atoms with Crippen LogP contribution in [0.2, 0.25) is 0 Å². The minimum atomic E-state index is 0.348. The number of ether oxygens (including phenoxy) is 1. The van der Waals surface area contributed by atoms with Crippen LogP contribution in [0.25, 0.3) is 0 Å². The highest BCUT2D eigenvalue weighted by atomic mass is 16.5. The van der Waals surface area contributed by atoms with Gasteiger partial charge in [-0.1, -0.05) is 26.0 Å². The number of rotatable bonds is 4. The van der Waals surface area contributed by atoms with Gasteiger partial charge in [-0.2, -0.15) is 10.5 Å². The number of hydrogen-bond donors (Lipinski definition) is 1. The minimum Gasteiger partial charge on any atom is -0.477 e. The molecule has 2 aromatic rings. The molecule has 2 heterocycles. The van der Waals surface area contributed by atoms with E-state index >= 15 is 0 Å². The Morgan fingerprint density at radius 3 is 2.32 bits per heavy atom. The van der Waals surface area contributed by atoms with Gasteiger partial charge in [-0.3, -0.25) is 0 Å². The summed E-state index contributed by atoms with van der Waals surface area (Å²) in [5.74, 6) is 1.25. The lowest BCUT2D eigenvalue weighted by Crippen LogP contribution is -2.19. The second-order valence-electron chi connectivity index (χ2n) is 5.57. The predicted octanol–water partition coefficient (Wildman–Crippen LogP) is 3.23. The Hall–Kier alpha value is -2.89. The molecule has 1 N–H and O–H groups in total. The molecule has 25 heavy (non-hydrogen) atoms. The van der Waals surface area contributed by atoms with E-state index in [-0.39, 0.29) is 0 Å². The van der Waals surface area contributed by atoms with E-state index in [0.29, 0.717) is 35.4 Å². The summed E-state index contributed by atoms with van der Waals surface area (Å²) in [4.78, 5) is 4.13. The molecule has 0 aliphatic carbocycles. The Morgan fingerprint density at radius 2 is 1.72 bits per heavy atom. The molecule has 1 aliphatic heterocycles. The molecule has 5 nitrogen and oxygen atoms in total. The number of nitrogens with one attached hydrogen (secondary N) is 1. The Labute approximate surface area is 148 Å². The molecular formula is C20H22N4O. The second kappa shape index (κ2) is 9.42. The summed E-state index contributed by atoms with van der Waals surface area (Å²) < 4.78 is 5.77. The summed E-state index contributed by atoms with van der Waals surface area (Å²) in [6.45, 7) is 6.36. The Kier molecular flexibility index (Phi) is 6.95. The van der Waals surface area contributed by atoms with Crippen LogP contribution in [0.5, 0.6) is 5.88 Å².